The number of carbonyl (C=O) groups excluding carboxylic acids is 4. The van der Waals surface area contributed by atoms with Crippen molar-refractivity contribution in [2.75, 3.05) is 24.8 Å². The molecule has 4 aliphatic rings. The van der Waals surface area contributed by atoms with Gasteiger partial charge < -0.3 is 55.2 Å². The number of guanidine groups is 1. The summed E-state index contributed by atoms with van der Waals surface area (Å²) in [7, 11) is 0. The quantitative estimate of drug-likeness (QED) is 0.102. The Morgan fingerprint density at radius 1 is 0.925 bits per heavy atom. The Morgan fingerprint density at radius 2 is 1.64 bits per heavy atom. The van der Waals surface area contributed by atoms with Crippen LogP contribution in [-0.4, -0.2) is 123 Å². The van der Waals surface area contributed by atoms with Gasteiger partial charge in [-0.05, 0) is 17.7 Å². The molecule has 0 aromatic heterocycles. The van der Waals surface area contributed by atoms with Gasteiger partial charge >= 0.3 is 5.91 Å². The first kappa shape index (κ1) is 35.7. The third-order valence-electron chi connectivity index (χ3n) is 9.21. The molecule has 6 atom stereocenters. The number of aliphatic hydroxyl groups is 5. The molecular weight excluding hydrogens is 694 g/mol. The normalized spacial score (nSPS) is 24.0. The van der Waals surface area contributed by atoms with Crippen LogP contribution in [0.5, 0.6) is 11.5 Å². The highest BCUT2D eigenvalue weighted by molar-refractivity contribution is 6.72. The summed E-state index contributed by atoms with van der Waals surface area (Å²) in [6.07, 6.45) is -9.83. The number of hydrogen-bond acceptors (Lipinski definition) is 16. The van der Waals surface area contributed by atoms with Crippen molar-refractivity contribution in [3.63, 3.8) is 0 Å². The van der Waals surface area contributed by atoms with Crippen molar-refractivity contribution in [1.82, 2.24) is 0 Å². The van der Waals surface area contributed by atoms with Crippen LogP contribution in [0.4, 0.5) is 5.69 Å². The molecule has 3 heterocycles. The van der Waals surface area contributed by atoms with E-state index in [2.05, 4.69) is 15.0 Å². The molecule has 0 bridgehead atoms. The summed E-state index contributed by atoms with van der Waals surface area (Å²) < 4.78 is 17.9. The Kier molecular flexibility index (Phi) is 9.69. The highest BCUT2D eigenvalue weighted by atomic mass is 16.7. The zero-order valence-corrected chi connectivity index (χ0v) is 27.7. The predicted molar refractivity (Wildman–Crippen MR) is 184 cm³/mol. The molecule has 17 heteroatoms. The first-order valence-corrected chi connectivity index (χ1v) is 16.5. The van der Waals surface area contributed by atoms with E-state index in [1.807, 2.05) is 0 Å². The Bertz CT molecular complexity index is 2110. The molecule has 0 saturated carbocycles. The van der Waals surface area contributed by atoms with Crippen LogP contribution in [0, 0.1) is 0 Å². The van der Waals surface area contributed by atoms with Gasteiger partial charge in [-0.2, -0.15) is 9.98 Å². The summed E-state index contributed by atoms with van der Waals surface area (Å²) in [6.45, 7) is -1.31. The van der Waals surface area contributed by atoms with E-state index in [1.165, 1.54) is 18.2 Å². The minimum atomic E-state index is -1.88. The lowest BCUT2D eigenvalue weighted by molar-refractivity contribution is -0.277. The number of hydrogen-bond donors (Lipinski definition) is 6. The number of aliphatic hydroxyl groups excluding tert-OH is 5. The van der Waals surface area contributed by atoms with E-state index < -0.39 is 67.5 Å². The lowest BCUT2D eigenvalue weighted by atomic mass is 9.81. The number of anilines is 1. The van der Waals surface area contributed by atoms with E-state index in [-0.39, 0.29) is 76.3 Å². The number of amides is 1. The predicted octanol–water partition coefficient (Wildman–Crippen LogP) is -0.968. The Hall–Kier alpha value is -5.69. The molecule has 17 nitrogen and oxygen atoms in total. The molecule has 1 amide bonds. The number of benzene rings is 3. The van der Waals surface area contributed by atoms with Gasteiger partial charge in [0.2, 0.25) is 12.2 Å². The van der Waals surface area contributed by atoms with Crippen molar-refractivity contribution in [2.24, 2.45) is 20.7 Å². The van der Waals surface area contributed by atoms with Crippen LogP contribution in [0.25, 0.3) is 0 Å². The fourth-order valence-electron chi connectivity index (χ4n) is 6.59. The summed E-state index contributed by atoms with van der Waals surface area (Å²) in [5.41, 5.74) is 6.98. The number of ether oxygens (including phenoxy) is 3. The number of aliphatic imine (C=N–C) groups is 3. The average Bonchev–Trinajstić information content (AvgIpc) is 3.58. The molecule has 7 rings (SSSR count). The zero-order valence-electron chi connectivity index (χ0n) is 27.7. The molecule has 1 aliphatic carbocycles. The molecule has 0 spiro atoms. The van der Waals surface area contributed by atoms with Crippen LogP contribution in [0.15, 0.2) is 69.6 Å². The Balaban J connectivity index is 1.40. The van der Waals surface area contributed by atoms with E-state index >= 15 is 0 Å². The zero-order chi connectivity index (χ0) is 37.6. The van der Waals surface area contributed by atoms with Crippen LogP contribution in [0.3, 0.4) is 0 Å². The second-order valence-corrected chi connectivity index (χ2v) is 12.6. The molecular formula is C36H33N5O12. The number of ketones is 2. The smallest absolute Gasteiger partial charge is 0.302 e. The first-order valence-electron chi connectivity index (χ1n) is 16.5. The van der Waals surface area contributed by atoms with Crippen LogP contribution >= 0.6 is 0 Å². The van der Waals surface area contributed by atoms with Crippen LogP contribution < -0.4 is 20.1 Å². The van der Waals surface area contributed by atoms with Crippen molar-refractivity contribution in [2.45, 2.75) is 49.7 Å². The number of carbonyl (C=O) groups is 4. The molecule has 3 aliphatic heterocycles. The molecule has 1 fully saturated rings. The van der Waals surface area contributed by atoms with Gasteiger partial charge in [0.05, 0.1) is 18.3 Å². The molecule has 3 aromatic rings. The van der Waals surface area contributed by atoms with Crippen LogP contribution in [0.2, 0.25) is 0 Å². The highest BCUT2D eigenvalue weighted by Crippen LogP contribution is 2.45. The molecule has 1 saturated heterocycles. The minimum Gasteiger partial charge on any atom is -0.486 e. The lowest BCUT2D eigenvalue weighted by Crippen LogP contribution is -2.60. The van der Waals surface area contributed by atoms with Gasteiger partial charge in [0, 0.05) is 40.8 Å². The molecule has 7 N–H and O–H groups in total. The first-order chi connectivity index (χ1) is 25.5. The second-order valence-electron chi connectivity index (χ2n) is 12.6. The van der Waals surface area contributed by atoms with E-state index in [1.54, 1.807) is 41.3 Å². The summed E-state index contributed by atoms with van der Waals surface area (Å²) >= 11 is 0. The van der Waals surface area contributed by atoms with Crippen LogP contribution in [0.1, 0.15) is 49.4 Å². The van der Waals surface area contributed by atoms with E-state index in [0.29, 0.717) is 17.5 Å². The maximum atomic E-state index is 14.2. The topological polar surface area (TPSA) is 263 Å². The second kappa shape index (κ2) is 14.4. The number of para-hydroxylation sites is 1. The minimum absolute atomic E-state index is 0.00904. The van der Waals surface area contributed by atoms with E-state index in [4.69, 9.17) is 19.9 Å². The van der Waals surface area contributed by atoms with Gasteiger partial charge in [-0.1, -0.05) is 42.5 Å². The van der Waals surface area contributed by atoms with Crippen molar-refractivity contribution in [1.29, 1.82) is 0 Å². The molecule has 0 unspecified atom stereocenters. The summed E-state index contributed by atoms with van der Waals surface area (Å²) in [5, 5.41) is 52.4. The molecule has 3 aromatic carbocycles. The standard InChI is InChI=1S/C36H33N5O12/c37-36-39-33-25(34(50)40-36)38-15-41(33)22-8-4-1-5-16(22)11-17-12-21-24(27(46)20-7-3-2-6-19(20)26(21)45)32(51-14-18(44)9-10-42)31(17)53-35-30(49)29(48)28(47)23(13-43)52-35/h1-8,10,12,18,23,28-30,35,43-44,47-49H,9,11,13-15H2,(H2,37,40,50)/t18-,23+,28+,29-,30+,35-/m1/s1. The van der Waals surface area contributed by atoms with Gasteiger partial charge in [-0.25, -0.2) is 0 Å². The number of rotatable bonds is 11. The number of amidine groups is 1. The number of nitrogens with zero attached hydrogens (tertiary/aromatic N) is 4. The lowest BCUT2D eigenvalue weighted by Gasteiger charge is -2.40. The number of nitrogens with two attached hydrogens (primary N) is 1. The van der Waals surface area contributed by atoms with E-state index in [9.17, 15) is 44.7 Å². The highest BCUT2D eigenvalue weighted by Gasteiger charge is 2.46. The van der Waals surface area contributed by atoms with Crippen molar-refractivity contribution < 1.29 is 58.9 Å². The van der Waals surface area contributed by atoms with Gasteiger partial charge in [0.1, 0.15) is 44.0 Å². The van der Waals surface area contributed by atoms with Crippen molar-refractivity contribution >= 4 is 47.0 Å². The molecule has 0 radical (unpaired) electrons. The van der Waals surface area contributed by atoms with Gasteiger partial charge in [0.15, 0.2) is 34.6 Å². The SMILES string of the molecule is NC1=NC(=O)C2=NCN(c3ccccc3Cc3cc4c(c(OC[C@H](O)CC=O)c3O[C@H]3O[C@@H](CO)[C@H](O)[C@@H](O)[C@@H]3O)C(=O)c3ccccc3C4=O)C2=N1. The fourth-order valence-corrected chi connectivity index (χ4v) is 6.59. The largest absolute Gasteiger partial charge is 0.486 e. The summed E-state index contributed by atoms with van der Waals surface area (Å²) in [5.74, 6) is -2.46. The Labute approximate surface area is 300 Å². The monoisotopic (exact) mass is 727 g/mol. The van der Waals surface area contributed by atoms with Gasteiger partial charge in [-0.15, -0.1) is 0 Å². The molecule has 274 valence electrons. The third-order valence-corrected chi connectivity index (χ3v) is 9.21. The maximum absolute atomic E-state index is 14.2. The number of fused-ring (bicyclic) bond motifs is 3. The Morgan fingerprint density at radius 3 is 2.38 bits per heavy atom. The fraction of sp³-hybridized carbons (Fsp3) is 0.306. The summed E-state index contributed by atoms with van der Waals surface area (Å²) in [4.78, 5) is 65.8. The average molecular weight is 728 g/mol. The van der Waals surface area contributed by atoms with Crippen LogP contribution in [-0.2, 0) is 20.7 Å². The molecule has 53 heavy (non-hydrogen) atoms. The summed E-state index contributed by atoms with van der Waals surface area (Å²) in [6, 6.07) is 14.5. The van der Waals surface area contributed by atoms with Gasteiger partial charge in [-0.3, -0.25) is 19.4 Å². The van der Waals surface area contributed by atoms with E-state index in [0.717, 1.165) is 0 Å². The third kappa shape index (κ3) is 6.39. The number of aldehydes is 1. The van der Waals surface area contributed by atoms with Crippen molar-refractivity contribution in [3.8, 4) is 11.5 Å². The van der Waals surface area contributed by atoms with Crippen molar-refractivity contribution in [3.05, 3.63) is 88.0 Å². The van der Waals surface area contributed by atoms with Gasteiger partial charge in [0.25, 0.3) is 0 Å². The maximum Gasteiger partial charge on any atom is 0.302 e.